The summed E-state index contributed by atoms with van der Waals surface area (Å²) in [5.74, 6) is 0.400. The van der Waals surface area contributed by atoms with Crippen LogP contribution in [-0.2, 0) is 11.3 Å². The average molecular weight is 315 g/mol. The van der Waals surface area contributed by atoms with E-state index < -0.39 is 0 Å². The van der Waals surface area contributed by atoms with Crippen molar-refractivity contribution in [3.8, 4) is 0 Å². The lowest BCUT2D eigenvalue weighted by atomic mass is 9.88. The third-order valence-electron chi connectivity index (χ3n) is 3.75. The predicted molar refractivity (Wildman–Crippen MR) is 71.9 cm³/mol. The van der Waals surface area contributed by atoms with E-state index in [0.717, 1.165) is 17.3 Å². The molecule has 3 unspecified atom stereocenters. The van der Waals surface area contributed by atoms with Crippen LogP contribution in [0.2, 0.25) is 0 Å². The molecule has 0 aromatic carbocycles. The zero-order chi connectivity index (χ0) is 11.8. The molecule has 92 valence electrons. The second-order valence-corrected chi connectivity index (χ2v) is 6.65. The number of nitrogens with one attached hydrogen (secondary N) is 2. The number of fused-ring (bicyclic) bond motifs is 2. The lowest BCUT2D eigenvalue weighted by Crippen LogP contribution is -2.37. The molecular weight excluding hydrogens is 300 g/mol. The van der Waals surface area contributed by atoms with Gasteiger partial charge in [-0.25, -0.2) is 0 Å². The molecule has 2 aliphatic rings. The molecule has 17 heavy (non-hydrogen) atoms. The highest BCUT2D eigenvalue weighted by Gasteiger charge is 2.42. The molecule has 2 saturated heterocycles. The molecule has 2 aliphatic heterocycles. The van der Waals surface area contributed by atoms with E-state index in [0.29, 0.717) is 18.6 Å². The van der Waals surface area contributed by atoms with Gasteiger partial charge in [0, 0.05) is 21.4 Å². The minimum atomic E-state index is 0.187. The fourth-order valence-electron chi connectivity index (χ4n) is 2.86. The number of hydrogen-bond acceptors (Lipinski definition) is 3. The summed E-state index contributed by atoms with van der Waals surface area (Å²) in [6, 6.07) is 3.03. The van der Waals surface area contributed by atoms with E-state index in [-0.39, 0.29) is 11.8 Å². The minimum Gasteiger partial charge on any atom is -0.351 e. The van der Waals surface area contributed by atoms with Gasteiger partial charge < -0.3 is 10.6 Å². The largest absolute Gasteiger partial charge is 0.351 e. The molecule has 3 heterocycles. The van der Waals surface area contributed by atoms with Crippen LogP contribution in [0.3, 0.4) is 0 Å². The Kier molecular flexibility index (Phi) is 3.23. The van der Waals surface area contributed by atoms with Crippen molar-refractivity contribution in [1.82, 2.24) is 10.6 Å². The molecule has 3 atom stereocenters. The fourth-order valence-corrected chi connectivity index (χ4v) is 4.30. The van der Waals surface area contributed by atoms with Gasteiger partial charge in [-0.15, -0.1) is 11.3 Å². The van der Waals surface area contributed by atoms with Crippen molar-refractivity contribution in [3.63, 3.8) is 0 Å². The first kappa shape index (κ1) is 11.7. The monoisotopic (exact) mass is 314 g/mol. The van der Waals surface area contributed by atoms with Gasteiger partial charge in [0.25, 0.3) is 0 Å². The number of amides is 1. The Morgan fingerprint density at radius 3 is 3.06 bits per heavy atom. The Morgan fingerprint density at radius 1 is 1.59 bits per heavy atom. The highest BCUT2D eigenvalue weighted by Crippen LogP contribution is 2.33. The summed E-state index contributed by atoms with van der Waals surface area (Å²) in [6.45, 7) is 0.644. The minimum absolute atomic E-state index is 0.187. The van der Waals surface area contributed by atoms with E-state index in [4.69, 9.17) is 0 Å². The van der Waals surface area contributed by atoms with Crippen LogP contribution in [0.1, 0.15) is 24.1 Å². The van der Waals surface area contributed by atoms with Gasteiger partial charge in [-0.05, 0) is 46.6 Å². The van der Waals surface area contributed by atoms with Crippen LogP contribution in [0.5, 0.6) is 0 Å². The molecule has 0 aliphatic carbocycles. The van der Waals surface area contributed by atoms with Crippen molar-refractivity contribution in [2.24, 2.45) is 5.92 Å². The summed E-state index contributed by atoms with van der Waals surface area (Å²) >= 11 is 5.15. The SMILES string of the molecule is O=C(NCc1sccc1Br)C1CC2CCC1N2. The number of carbonyl (C=O) groups is 1. The lowest BCUT2D eigenvalue weighted by Gasteiger charge is -2.19. The lowest BCUT2D eigenvalue weighted by molar-refractivity contribution is -0.125. The standard InChI is InChI=1S/C12H15BrN2OS/c13-9-3-4-17-11(9)6-14-12(16)8-5-7-1-2-10(8)15-7/h3-4,7-8,10,15H,1-2,5-6H2,(H,14,16). The second kappa shape index (κ2) is 4.71. The smallest absolute Gasteiger partial charge is 0.225 e. The van der Waals surface area contributed by atoms with Crippen LogP contribution in [-0.4, -0.2) is 18.0 Å². The highest BCUT2D eigenvalue weighted by atomic mass is 79.9. The number of thiophene rings is 1. The summed E-state index contributed by atoms with van der Waals surface area (Å²) in [7, 11) is 0. The molecule has 2 fully saturated rings. The third-order valence-corrected chi connectivity index (χ3v) is 5.68. The summed E-state index contributed by atoms with van der Waals surface area (Å²) in [5, 5.41) is 8.58. The quantitative estimate of drug-likeness (QED) is 0.898. The number of rotatable bonds is 3. The molecule has 1 aromatic rings. The topological polar surface area (TPSA) is 41.1 Å². The van der Waals surface area contributed by atoms with Gasteiger partial charge >= 0.3 is 0 Å². The summed E-state index contributed by atoms with van der Waals surface area (Å²) in [4.78, 5) is 13.3. The highest BCUT2D eigenvalue weighted by molar-refractivity contribution is 9.10. The van der Waals surface area contributed by atoms with E-state index in [1.807, 2.05) is 11.4 Å². The second-order valence-electron chi connectivity index (χ2n) is 4.80. The molecule has 2 N–H and O–H groups in total. The van der Waals surface area contributed by atoms with E-state index in [1.165, 1.54) is 11.3 Å². The number of halogens is 1. The summed E-state index contributed by atoms with van der Waals surface area (Å²) < 4.78 is 1.09. The normalized spacial score (nSPS) is 30.8. The van der Waals surface area contributed by atoms with Crippen molar-refractivity contribution in [2.45, 2.75) is 37.9 Å². The van der Waals surface area contributed by atoms with Crippen LogP contribution >= 0.6 is 27.3 Å². The molecule has 1 aromatic heterocycles. The summed E-state index contributed by atoms with van der Waals surface area (Å²) in [6.07, 6.45) is 3.42. The molecule has 3 rings (SSSR count). The van der Waals surface area contributed by atoms with E-state index in [2.05, 4.69) is 26.6 Å². The van der Waals surface area contributed by atoms with Gasteiger partial charge in [0.15, 0.2) is 0 Å². The van der Waals surface area contributed by atoms with E-state index in [9.17, 15) is 4.79 Å². The van der Waals surface area contributed by atoms with Gasteiger partial charge in [0.05, 0.1) is 12.5 Å². The van der Waals surface area contributed by atoms with Crippen molar-refractivity contribution in [1.29, 1.82) is 0 Å². The van der Waals surface area contributed by atoms with Gasteiger partial charge in [-0.2, -0.15) is 0 Å². The molecule has 3 nitrogen and oxygen atoms in total. The van der Waals surface area contributed by atoms with Gasteiger partial charge in [0.1, 0.15) is 0 Å². The Bertz CT molecular complexity index is 434. The van der Waals surface area contributed by atoms with Crippen LogP contribution < -0.4 is 10.6 Å². The van der Waals surface area contributed by atoms with Crippen molar-refractivity contribution in [2.75, 3.05) is 0 Å². The maximum atomic E-state index is 12.1. The van der Waals surface area contributed by atoms with Crippen molar-refractivity contribution < 1.29 is 4.79 Å². The number of carbonyl (C=O) groups excluding carboxylic acids is 1. The molecular formula is C12H15BrN2OS. The Morgan fingerprint density at radius 2 is 2.47 bits per heavy atom. The number of hydrogen-bond donors (Lipinski definition) is 2. The van der Waals surface area contributed by atoms with Crippen molar-refractivity contribution in [3.05, 3.63) is 20.8 Å². The zero-order valence-corrected chi connectivity index (χ0v) is 11.8. The maximum Gasteiger partial charge on any atom is 0.225 e. The van der Waals surface area contributed by atoms with E-state index in [1.54, 1.807) is 11.3 Å². The molecule has 0 spiro atoms. The van der Waals surface area contributed by atoms with Crippen LogP contribution in [0.25, 0.3) is 0 Å². The van der Waals surface area contributed by atoms with Crippen molar-refractivity contribution >= 4 is 33.2 Å². The van der Waals surface area contributed by atoms with Crippen LogP contribution in [0.15, 0.2) is 15.9 Å². The first-order valence-electron chi connectivity index (χ1n) is 5.99. The summed E-state index contributed by atoms with van der Waals surface area (Å²) in [5.41, 5.74) is 0. The molecule has 1 amide bonds. The van der Waals surface area contributed by atoms with Gasteiger partial charge in [-0.1, -0.05) is 0 Å². The maximum absolute atomic E-state index is 12.1. The Labute approximate surface area is 113 Å². The molecule has 0 saturated carbocycles. The van der Waals surface area contributed by atoms with Gasteiger partial charge in [0.2, 0.25) is 5.91 Å². The first-order chi connectivity index (χ1) is 8.24. The third kappa shape index (κ3) is 2.28. The molecule has 0 radical (unpaired) electrons. The molecule has 2 bridgehead atoms. The zero-order valence-electron chi connectivity index (χ0n) is 9.41. The van der Waals surface area contributed by atoms with Crippen LogP contribution in [0.4, 0.5) is 0 Å². The average Bonchev–Trinajstić information content (AvgIpc) is 3.01. The van der Waals surface area contributed by atoms with E-state index >= 15 is 0 Å². The first-order valence-corrected chi connectivity index (χ1v) is 7.67. The van der Waals surface area contributed by atoms with Crippen LogP contribution in [0, 0.1) is 5.92 Å². The predicted octanol–water partition coefficient (Wildman–Crippen LogP) is 2.27. The Hall–Kier alpha value is -0.390. The Balaban J connectivity index is 1.56. The van der Waals surface area contributed by atoms with Gasteiger partial charge in [-0.3, -0.25) is 4.79 Å². The molecule has 5 heteroatoms. The fraction of sp³-hybridized carbons (Fsp3) is 0.583.